The largest absolute Gasteiger partial charge is 0.755 e. The van der Waals surface area contributed by atoms with Gasteiger partial charge in [0.1, 0.15) is 0 Å². The van der Waals surface area contributed by atoms with Crippen molar-refractivity contribution in [2.75, 3.05) is 17.4 Å². The summed E-state index contributed by atoms with van der Waals surface area (Å²) >= 11 is 9.72. The highest BCUT2D eigenvalue weighted by Gasteiger charge is 2.12. The molecule has 1 atom stereocenters. The Labute approximate surface area is 193 Å². The molecule has 0 saturated carbocycles. The SMILES string of the molecule is O=C(NCCc1ccncc1)c1ccc(N(CCc2cccc(Cl)c2Cl)S(=O)[O-])cc1. The van der Waals surface area contributed by atoms with Gasteiger partial charge in [-0.15, -0.1) is 0 Å². The summed E-state index contributed by atoms with van der Waals surface area (Å²) in [5.41, 5.74) is 2.75. The van der Waals surface area contributed by atoms with Gasteiger partial charge in [-0.05, 0) is 66.4 Å². The quantitative estimate of drug-likeness (QED) is 0.468. The summed E-state index contributed by atoms with van der Waals surface area (Å²) in [6, 6.07) is 15.5. The van der Waals surface area contributed by atoms with E-state index in [0.717, 1.165) is 11.1 Å². The van der Waals surface area contributed by atoms with Crippen molar-refractivity contribution < 1.29 is 13.6 Å². The maximum absolute atomic E-state index is 12.3. The van der Waals surface area contributed by atoms with Gasteiger partial charge in [-0.1, -0.05) is 35.3 Å². The van der Waals surface area contributed by atoms with E-state index in [2.05, 4.69) is 10.3 Å². The van der Waals surface area contributed by atoms with E-state index in [-0.39, 0.29) is 12.5 Å². The highest BCUT2D eigenvalue weighted by atomic mass is 35.5. The first kappa shape index (κ1) is 23.2. The van der Waals surface area contributed by atoms with Crippen molar-refractivity contribution in [1.82, 2.24) is 10.3 Å². The van der Waals surface area contributed by atoms with Crippen LogP contribution in [0.5, 0.6) is 0 Å². The van der Waals surface area contributed by atoms with E-state index in [0.29, 0.717) is 40.7 Å². The number of nitrogens with one attached hydrogen (secondary N) is 1. The van der Waals surface area contributed by atoms with Crippen molar-refractivity contribution in [3.8, 4) is 0 Å². The van der Waals surface area contributed by atoms with Crippen LogP contribution in [0.2, 0.25) is 10.0 Å². The van der Waals surface area contributed by atoms with Gasteiger partial charge in [-0.25, -0.2) is 0 Å². The second-order valence-electron chi connectivity index (χ2n) is 6.69. The number of carbonyl (C=O) groups is 1. The molecule has 0 fully saturated rings. The number of hydrogen-bond donors (Lipinski definition) is 1. The maximum atomic E-state index is 12.3. The van der Waals surface area contributed by atoms with Crippen molar-refractivity contribution in [3.05, 3.63) is 93.7 Å². The topological polar surface area (TPSA) is 85.4 Å². The molecule has 0 aliphatic carbocycles. The molecular formula is C22H20Cl2N3O3S-. The van der Waals surface area contributed by atoms with Crippen molar-refractivity contribution in [3.63, 3.8) is 0 Å². The number of aromatic nitrogens is 1. The van der Waals surface area contributed by atoms with Gasteiger partial charge in [0.05, 0.1) is 10.0 Å². The van der Waals surface area contributed by atoms with E-state index in [1.54, 1.807) is 54.9 Å². The van der Waals surface area contributed by atoms with Crippen LogP contribution in [0.25, 0.3) is 0 Å². The van der Waals surface area contributed by atoms with E-state index in [9.17, 15) is 13.6 Å². The van der Waals surface area contributed by atoms with E-state index < -0.39 is 11.3 Å². The third kappa shape index (κ3) is 6.51. The monoisotopic (exact) mass is 476 g/mol. The Bertz CT molecular complexity index is 1050. The first-order valence-electron chi connectivity index (χ1n) is 9.52. The van der Waals surface area contributed by atoms with Crippen molar-refractivity contribution in [2.45, 2.75) is 12.8 Å². The van der Waals surface area contributed by atoms with Gasteiger partial charge in [0.15, 0.2) is 0 Å². The highest BCUT2D eigenvalue weighted by Crippen LogP contribution is 2.26. The predicted molar refractivity (Wildman–Crippen MR) is 123 cm³/mol. The smallest absolute Gasteiger partial charge is 0.251 e. The molecule has 2 aromatic carbocycles. The van der Waals surface area contributed by atoms with Gasteiger partial charge in [0.2, 0.25) is 0 Å². The minimum atomic E-state index is -2.48. The summed E-state index contributed by atoms with van der Waals surface area (Å²) in [5, 5.41) is 3.70. The molecule has 1 aromatic heterocycles. The zero-order chi connectivity index (χ0) is 22.2. The third-order valence-corrected chi connectivity index (χ3v) is 6.27. The van der Waals surface area contributed by atoms with Gasteiger partial charge in [-0.3, -0.25) is 14.0 Å². The van der Waals surface area contributed by atoms with Gasteiger partial charge in [0, 0.05) is 48.0 Å². The van der Waals surface area contributed by atoms with Crippen LogP contribution >= 0.6 is 23.2 Å². The number of pyridine rings is 1. The normalized spacial score (nSPS) is 11.7. The number of hydrogen-bond acceptors (Lipinski definition) is 4. The first-order chi connectivity index (χ1) is 15.0. The van der Waals surface area contributed by atoms with Crippen LogP contribution in [-0.2, 0) is 24.1 Å². The van der Waals surface area contributed by atoms with Crippen LogP contribution in [0.15, 0.2) is 67.0 Å². The molecule has 3 rings (SSSR count). The number of anilines is 1. The van der Waals surface area contributed by atoms with Crippen LogP contribution in [0.1, 0.15) is 21.5 Å². The Kier molecular flexibility index (Phi) is 8.43. The maximum Gasteiger partial charge on any atom is 0.251 e. The van der Waals surface area contributed by atoms with Crippen molar-refractivity contribution in [1.29, 1.82) is 0 Å². The Morgan fingerprint density at radius 3 is 2.42 bits per heavy atom. The van der Waals surface area contributed by atoms with Gasteiger partial charge >= 0.3 is 0 Å². The molecule has 3 aromatic rings. The van der Waals surface area contributed by atoms with Crippen LogP contribution < -0.4 is 9.62 Å². The Balaban J connectivity index is 1.60. The molecule has 0 aliphatic rings. The Morgan fingerprint density at radius 1 is 1.03 bits per heavy atom. The lowest BCUT2D eigenvalue weighted by molar-refractivity contribution is 0.0954. The van der Waals surface area contributed by atoms with Gasteiger partial charge in [-0.2, -0.15) is 0 Å². The van der Waals surface area contributed by atoms with E-state index in [1.807, 2.05) is 12.1 Å². The number of nitrogens with zero attached hydrogens (tertiary/aromatic N) is 2. The fourth-order valence-electron chi connectivity index (χ4n) is 3.00. The third-order valence-electron chi connectivity index (χ3n) is 4.66. The molecule has 1 unspecified atom stereocenters. The first-order valence-corrected chi connectivity index (χ1v) is 11.3. The molecule has 6 nitrogen and oxygen atoms in total. The fourth-order valence-corrected chi connectivity index (χ4v) is 3.95. The second kappa shape index (κ2) is 11.2. The lowest BCUT2D eigenvalue weighted by Crippen LogP contribution is -2.28. The second-order valence-corrected chi connectivity index (χ2v) is 8.35. The zero-order valence-electron chi connectivity index (χ0n) is 16.5. The average molecular weight is 477 g/mol. The Morgan fingerprint density at radius 2 is 1.74 bits per heavy atom. The molecule has 1 amide bonds. The average Bonchev–Trinajstić information content (AvgIpc) is 2.77. The number of carbonyl (C=O) groups excluding carboxylic acids is 1. The van der Waals surface area contributed by atoms with E-state index in [4.69, 9.17) is 23.2 Å². The lowest BCUT2D eigenvalue weighted by Gasteiger charge is -2.26. The molecule has 162 valence electrons. The van der Waals surface area contributed by atoms with Crippen LogP contribution in [0, 0.1) is 0 Å². The Hall–Kier alpha value is -2.45. The van der Waals surface area contributed by atoms with Crippen LogP contribution in [0.4, 0.5) is 5.69 Å². The van der Waals surface area contributed by atoms with Crippen molar-refractivity contribution >= 4 is 46.1 Å². The van der Waals surface area contributed by atoms with E-state index >= 15 is 0 Å². The fraction of sp³-hybridized carbons (Fsp3) is 0.182. The summed E-state index contributed by atoms with van der Waals surface area (Å²) in [6.45, 7) is 0.676. The summed E-state index contributed by atoms with van der Waals surface area (Å²) in [7, 11) is 0. The molecule has 0 saturated heterocycles. The minimum absolute atomic E-state index is 0.188. The predicted octanol–water partition coefficient (Wildman–Crippen LogP) is 4.20. The molecule has 1 N–H and O–H groups in total. The number of benzene rings is 2. The van der Waals surface area contributed by atoms with Gasteiger partial charge < -0.3 is 14.2 Å². The standard InChI is InChI=1S/C22H21Cl2N3O3S/c23-20-3-1-2-17(21(20)24)11-15-27(31(29)30)19-6-4-18(5-7-19)22(28)26-14-10-16-8-12-25-13-9-16/h1-9,12-13H,10-11,14-15H2,(H,26,28)(H,29,30)/p-1. The van der Waals surface area contributed by atoms with Gasteiger partial charge in [0.25, 0.3) is 5.91 Å². The summed E-state index contributed by atoms with van der Waals surface area (Å²) in [5.74, 6) is -0.221. The van der Waals surface area contributed by atoms with Crippen LogP contribution in [0.3, 0.4) is 0 Å². The van der Waals surface area contributed by atoms with Crippen molar-refractivity contribution in [2.24, 2.45) is 0 Å². The number of amides is 1. The number of halogens is 2. The zero-order valence-corrected chi connectivity index (χ0v) is 18.8. The molecule has 31 heavy (non-hydrogen) atoms. The summed E-state index contributed by atoms with van der Waals surface area (Å²) in [6.07, 6.45) is 4.51. The van der Waals surface area contributed by atoms with Crippen LogP contribution in [-0.4, -0.2) is 32.7 Å². The molecule has 0 aliphatic heterocycles. The number of rotatable bonds is 9. The molecule has 9 heteroatoms. The summed E-state index contributed by atoms with van der Waals surface area (Å²) in [4.78, 5) is 16.3. The molecule has 1 heterocycles. The lowest BCUT2D eigenvalue weighted by atomic mass is 10.1. The molecule has 0 spiro atoms. The summed E-state index contributed by atoms with van der Waals surface area (Å²) < 4.78 is 24.7. The molecule has 0 radical (unpaired) electrons. The minimum Gasteiger partial charge on any atom is -0.755 e. The molecule has 0 bridgehead atoms. The molecular weight excluding hydrogens is 457 g/mol. The van der Waals surface area contributed by atoms with E-state index in [1.165, 1.54) is 4.31 Å². The highest BCUT2D eigenvalue weighted by molar-refractivity contribution is 7.80.